The van der Waals surface area contributed by atoms with Gasteiger partial charge in [0.1, 0.15) is 17.0 Å². The summed E-state index contributed by atoms with van der Waals surface area (Å²) in [5.74, 6) is -0.0934. The van der Waals surface area contributed by atoms with Crippen LogP contribution in [0.5, 0.6) is 5.75 Å². The van der Waals surface area contributed by atoms with Crippen molar-refractivity contribution in [1.29, 1.82) is 0 Å². The fourth-order valence-electron chi connectivity index (χ4n) is 5.96. The molecule has 0 saturated carbocycles. The summed E-state index contributed by atoms with van der Waals surface area (Å²) in [7, 11) is 3.10. The summed E-state index contributed by atoms with van der Waals surface area (Å²) < 4.78 is 36.3. The summed E-state index contributed by atoms with van der Waals surface area (Å²) in [5, 5.41) is 17.6. The molecule has 2 aromatic heterocycles. The van der Waals surface area contributed by atoms with Gasteiger partial charge in [0.05, 0.1) is 31.6 Å². The van der Waals surface area contributed by atoms with Crippen LogP contribution >= 0.6 is 9.24 Å². The number of nitrogens with one attached hydrogen (secondary N) is 1. The number of carbonyl (C=O) groups excluding carboxylic acids is 2. The highest BCUT2D eigenvalue weighted by Crippen LogP contribution is 2.40. The van der Waals surface area contributed by atoms with Gasteiger partial charge in [-0.05, 0) is 49.7 Å². The minimum atomic E-state index is -3.35. The average molecular weight is 653 g/mol. The molecule has 46 heavy (non-hydrogen) atoms. The van der Waals surface area contributed by atoms with E-state index >= 15 is 8.78 Å². The largest absolute Gasteiger partial charge is 0.497 e. The number of alkyl halides is 2. The second kappa shape index (κ2) is 13.4. The van der Waals surface area contributed by atoms with Crippen LogP contribution in [0, 0.1) is 12.8 Å². The summed E-state index contributed by atoms with van der Waals surface area (Å²) in [5.41, 5.74) is -1.00. The van der Waals surface area contributed by atoms with Crippen LogP contribution in [0.2, 0.25) is 0 Å². The minimum Gasteiger partial charge on any atom is -0.497 e. The number of methoxy groups -OCH3 is 1. The van der Waals surface area contributed by atoms with Crippen molar-refractivity contribution in [3.63, 3.8) is 0 Å². The highest BCUT2D eigenvalue weighted by atomic mass is 31.0. The van der Waals surface area contributed by atoms with Gasteiger partial charge in [-0.3, -0.25) is 14.5 Å². The Bertz CT molecular complexity index is 1740. The third-order valence-electron chi connectivity index (χ3n) is 8.43. The number of aliphatic hydroxyl groups excluding tert-OH is 1. The van der Waals surface area contributed by atoms with Crippen LogP contribution in [0.4, 0.5) is 14.5 Å². The van der Waals surface area contributed by atoms with Crippen molar-refractivity contribution in [2.24, 2.45) is 5.92 Å². The smallest absolute Gasteiger partial charge is 0.300 e. The number of halogens is 2. The number of rotatable bonds is 9. The monoisotopic (exact) mass is 652 g/mol. The molecule has 13 heteroatoms. The molecule has 0 spiro atoms. The van der Waals surface area contributed by atoms with Crippen LogP contribution in [0.3, 0.4) is 0 Å². The lowest BCUT2D eigenvalue weighted by Gasteiger charge is -2.43. The van der Waals surface area contributed by atoms with E-state index in [9.17, 15) is 14.7 Å². The highest BCUT2D eigenvalue weighted by Gasteiger charge is 2.37. The number of anilines is 1. The zero-order valence-corrected chi connectivity index (χ0v) is 27.7. The van der Waals surface area contributed by atoms with Gasteiger partial charge in [0.25, 0.3) is 5.91 Å². The van der Waals surface area contributed by atoms with Crippen LogP contribution < -0.4 is 10.1 Å². The molecule has 1 saturated heterocycles. The maximum absolute atomic E-state index is 15.0. The predicted molar refractivity (Wildman–Crippen MR) is 175 cm³/mol. The first-order valence-electron chi connectivity index (χ1n) is 15.1. The number of carbonyl (C=O) groups is 2. The van der Waals surface area contributed by atoms with E-state index in [0.717, 1.165) is 10.1 Å². The van der Waals surface area contributed by atoms with Crippen molar-refractivity contribution in [2.75, 3.05) is 38.7 Å². The van der Waals surface area contributed by atoms with Gasteiger partial charge < -0.3 is 20.1 Å². The van der Waals surface area contributed by atoms with Gasteiger partial charge in [-0.2, -0.15) is 13.9 Å². The Kier molecular flexibility index (Phi) is 9.72. The Balaban J connectivity index is 1.45. The van der Waals surface area contributed by atoms with Gasteiger partial charge in [0.2, 0.25) is 5.91 Å². The molecule has 2 unspecified atom stereocenters. The molecule has 2 N–H and O–H groups in total. The van der Waals surface area contributed by atoms with Crippen LogP contribution in [0.15, 0.2) is 54.7 Å². The maximum Gasteiger partial charge on any atom is 0.300 e. The topological polar surface area (TPSA) is 112 Å². The van der Waals surface area contributed by atoms with Crippen molar-refractivity contribution in [3.05, 3.63) is 77.1 Å². The van der Waals surface area contributed by atoms with Crippen LogP contribution in [-0.4, -0.2) is 80.7 Å². The molecule has 5 rings (SSSR count). The number of hydrogen-bond donors (Lipinski definition) is 2. The number of aliphatic hydroxyl groups is 1. The molecule has 1 aliphatic rings. The van der Waals surface area contributed by atoms with Crippen molar-refractivity contribution in [2.45, 2.75) is 45.4 Å². The zero-order chi connectivity index (χ0) is 33.3. The zero-order valence-electron chi connectivity index (χ0n) is 26.5. The third kappa shape index (κ3) is 6.47. The van der Waals surface area contributed by atoms with Crippen molar-refractivity contribution in [3.8, 4) is 17.0 Å². The van der Waals surface area contributed by atoms with Gasteiger partial charge in [-0.1, -0.05) is 41.3 Å². The Labute approximate surface area is 269 Å². The van der Waals surface area contributed by atoms with Crippen molar-refractivity contribution >= 4 is 32.4 Å². The van der Waals surface area contributed by atoms with Crippen LogP contribution in [-0.2, 0) is 10.5 Å². The van der Waals surface area contributed by atoms with Gasteiger partial charge in [-0.25, -0.2) is 9.50 Å². The first kappa shape index (κ1) is 33.4. The Hall–Kier alpha value is -3.99. The molecule has 10 nitrogen and oxygen atoms in total. The number of aromatic nitrogens is 3. The molecule has 0 aliphatic carbocycles. The molecule has 1 fully saturated rings. The molecular weight excluding hydrogens is 613 g/mol. The number of amides is 2. The van der Waals surface area contributed by atoms with Gasteiger partial charge >= 0.3 is 5.66 Å². The number of ether oxygens (including phenoxy) is 1. The first-order valence-corrected chi connectivity index (χ1v) is 15.7. The van der Waals surface area contributed by atoms with E-state index in [-0.39, 0.29) is 52.8 Å². The quantitative estimate of drug-likeness (QED) is 0.242. The predicted octanol–water partition coefficient (Wildman–Crippen LogP) is 5.11. The molecule has 0 bridgehead atoms. The van der Waals surface area contributed by atoms with E-state index in [0.29, 0.717) is 42.3 Å². The maximum atomic E-state index is 15.0. The Morgan fingerprint density at radius 1 is 1.15 bits per heavy atom. The van der Waals surface area contributed by atoms with Gasteiger partial charge in [0, 0.05) is 48.4 Å². The van der Waals surface area contributed by atoms with E-state index < -0.39 is 11.7 Å². The fourth-order valence-corrected chi connectivity index (χ4v) is 6.30. The van der Waals surface area contributed by atoms with E-state index in [1.807, 2.05) is 45.0 Å². The summed E-state index contributed by atoms with van der Waals surface area (Å²) in [6.07, 6.45) is 1.30. The average Bonchev–Trinajstić information content (AvgIpc) is 3.44. The highest BCUT2D eigenvalue weighted by molar-refractivity contribution is 7.17. The summed E-state index contributed by atoms with van der Waals surface area (Å²) >= 11 is 0. The summed E-state index contributed by atoms with van der Waals surface area (Å²) in [6, 6.07) is 13.6. The number of benzene rings is 2. The Morgan fingerprint density at radius 2 is 1.85 bits per heavy atom. The minimum absolute atomic E-state index is 0.0382. The number of para-hydroxylation sites is 1. The number of fused-ring (bicyclic) bond motifs is 1. The lowest BCUT2D eigenvalue weighted by atomic mass is 10.0. The molecule has 3 heterocycles. The van der Waals surface area contributed by atoms with Crippen LogP contribution in [0.1, 0.15) is 54.0 Å². The van der Waals surface area contributed by atoms with Crippen molar-refractivity contribution in [1.82, 2.24) is 24.4 Å². The van der Waals surface area contributed by atoms with E-state index in [1.54, 1.807) is 52.4 Å². The second-order valence-electron chi connectivity index (χ2n) is 11.9. The molecule has 2 aromatic carbocycles. The van der Waals surface area contributed by atoms with E-state index in [4.69, 9.17) is 9.72 Å². The molecular formula is C33H39F2N6O4P. The molecule has 3 atom stereocenters. The number of piperazine rings is 1. The van der Waals surface area contributed by atoms with Gasteiger partial charge in [-0.15, -0.1) is 0 Å². The summed E-state index contributed by atoms with van der Waals surface area (Å²) in [6.45, 7) is 8.09. The second-order valence-corrected chi connectivity index (χ2v) is 12.6. The summed E-state index contributed by atoms with van der Waals surface area (Å²) in [4.78, 5) is 35.0. The molecule has 1 aliphatic heterocycles. The van der Waals surface area contributed by atoms with Crippen molar-refractivity contribution < 1.29 is 28.2 Å². The normalized spacial score (nSPS) is 16.6. The fraction of sp³-hybridized carbons (Fsp3) is 0.394. The number of nitrogens with zero attached hydrogens (tertiary/aromatic N) is 5. The molecule has 2 amide bonds. The molecule has 0 radical (unpaired) electrons. The molecule has 244 valence electrons. The lowest BCUT2D eigenvalue weighted by molar-refractivity contribution is -0.118. The molecule has 4 aromatic rings. The van der Waals surface area contributed by atoms with Gasteiger partial charge in [0.15, 0.2) is 5.65 Å². The lowest BCUT2D eigenvalue weighted by Crippen LogP contribution is -2.55. The van der Waals surface area contributed by atoms with E-state index in [2.05, 4.69) is 15.3 Å². The van der Waals surface area contributed by atoms with E-state index in [1.165, 1.54) is 6.20 Å². The number of hydrogen-bond acceptors (Lipinski definition) is 7. The Morgan fingerprint density at radius 3 is 2.46 bits per heavy atom. The van der Waals surface area contributed by atoms with Crippen LogP contribution in [0.25, 0.3) is 16.9 Å². The standard InChI is InChI=1S/C33H39F2N6O4P/c1-19(2)31(43)37-26-9-7-6-8-24(26)27(18-42)39-14-15-40(20(3)17-39)32(44)25-16-36-41-29(33(34,35)46)21(4)28(38-30(25)41)22-10-12-23(45-5)13-11-22/h6-13,16,19-20,27,42H,14-15,17-18,46H2,1-5H3,(H,37,43)/t20-,27?/m1/s1. The SMILES string of the molecule is COc1ccc(-c2nc3c(C(=O)N4CCN(C(CO)c5ccccc5NC(=O)C(C)C)C[C@H]4C)cnn3c(C(F)(F)P)c2C)cc1. The third-order valence-corrected chi connectivity index (χ3v) is 8.70. The first-order chi connectivity index (χ1) is 21.8.